The summed E-state index contributed by atoms with van der Waals surface area (Å²) < 4.78 is 22.9. The molecule has 6 nitrogen and oxygen atoms in total. The number of hydrogen-bond acceptors (Lipinski definition) is 7. The second-order valence-corrected chi connectivity index (χ2v) is 7.70. The van der Waals surface area contributed by atoms with Crippen molar-refractivity contribution in [3.8, 4) is 17.1 Å². The van der Waals surface area contributed by atoms with Crippen LogP contribution in [0.1, 0.15) is 0 Å². The first-order valence-corrected chi connectivity index (χ1v) is 10.4. The minimum absolute atomic E-state index is 0.183. The lowest BCUT2D eigenvalue weighted by Gasteiger charge is -2.35. The van der Waals surface area contributed by atoms with Crippen molar-refractivity contribution in [2.45, 2.75) is 6.10 Å². The number of piperazine rings is 1. The predicted molar refractivity (Wildman–Crippen MR) is 112 cm³/mol. The van der Waals surface area contributed by atoms with Gasteiger partial charge in [0, 0.05) is 49.8 Å². The van der Waals surface area contributed by atoms with Crippen LogP contribution in [0, 0.1) is 5.82 Å². The molecule has 0 radical (unpaired) electrons. The minimum Gasteiger partial charge on any atom is -0.491 e. The van der Waals surface area contributed by atoms with Gasteiger partial charge in [0.25, 0.3) is 0 Å². The number of ether oxygens (including phenoxy) is 1. The molecule has 2 aromatic carbocycles. The Bertz CT molecular complexity index is 899. The first-order chi connectivity index (χ1) is 14.2. The Morgan fingerprint density at radius 3 is 2.48 bits per heavy atom. The molecular weight excluding hydrogens is 391 g/mol. The molecule has 1 aliphatic rings. The lowest BCUT2D eigenvalue weighted by Crippen LogP contribution is -2.49. The number of aliphatic hydroxyl groups excluding tert-OH is 1. The van der Waals surface area contributed by atoms with Crippen LogP contribution >= 0.6 is 11.5 Å². The van der Waals surface area contributed by atoms with Crippen molar-refractivity contribution in [2.24, 2.45) is 0 Å². The van der Waals surface area contributed by atoms with Gasteiger partial charge in [0.2, 0.25) is 5.13 Å². The van der Waals surface area contributed by atoms with Gasteiger partial charge in [0.05, 0.1) is 0 Å². The monoisotopic (exact) mass is 414 g/mol. The van der Waals surface area contributed by atoms with Crippen molar-refractivity contribution >= 4 is 16.7 Å². The fraction of sp³-hybridized carbons (Fsp3) is 0.333. The van der Waals surface area contributed by atoms with Gasteiger partial charge in [-0.05, 0) is 24.3 Å². The van der Waals surface area contributed by atoms with Crippen LogP contribution in [0.4, 0.5) is 9.52 Å². The van der Waals surface area contributed by atoms with E-state index in [1.54, 1.807) is 12.1 Å². The number of halogens is 1. The number of benzene rings is 2. The molecule has 8 heteroatoms. The highest BCUT2D eigenvalue weighted by Gasteiger charge is 2.22. The molecule has 1 fully saturated rings. The van der Waals surface area contributed by atoms with Gasteiger partial charge in [0.1, 0.15) is 24.3 Å². The molecule has 0 spiro atoms. The van der Waals surface area contributed by atoms with Gasteiger partial charge in [-0.25, -0.2) is 4.39 Å². The highest BCUT2D eigenvalue weighted by atomic mass is 32.1. The van der Waals surface area contributed by atoms with E-state index in [0.717, 1.165) is 42.7 Å². The molecule has 0 saturated carbocycles. The van der Waals surface area contributed by atoms with Crippen LogP contribution in [0.2, 0.25) is 0 Å². The predicted octanol–water partition coefficient (Wildman–Crippen LogP) is 2.91. The molecular formula is C21H23FN4O2S. The Morgan fingerprint density at radius 1 is 1.03 bits per heavy atom. The van der Waals surface area contributed by atoms with E-state index in [2.05, 4.69) is 19.2 Å². The summed E-state index contributed by atoms with van der Waals surface area (Å²) >= 11 is 1.42. The largest absolute Gasteiger partial charge is 0.491 e. The molecule has 1 saturated heterocycles. The number of rotatable bonds is 7. The molecule has 29 heavy (non-hydrogen) atoms. The maximum Gasteiger partial charge on any atom is 0.205 e. The van der Waals surface area contributed by atoms with E-state index >= 15 is 0 Å². The number of nitrogens with zero attached hydrogens (tertiary/aromatic N) is 4. The zero-order valence-electron chi connectivity index (χ0n) is 15.9. The van der Waals surface area contributed by atoms with Gasteiger partial charge in [-0.2, -0.15) is 9.36 Å². The van der Waals surface area contributed by atoms with E-state index < -0.39 is 6.10 Å². The van der Waals surface area contributed by atoms with Gasteiger partial charge >= 0.3 is 0 Å². The Hall–Kier alpha value is -2.55. The van der Waals surface area contributed by atoms with E-state index in [0.29, 0.717) is 12.3 Å². The van der Waals surface area contributed by atoms with Crippen LogP contribution < -0.4 is 9.64 Å². The molecule has 0 aliphatic carbocycles. The van der Waals surface area contributed by atoms with Crippen molar-refractivity contribution in [2.75, 3.05) is 44.2 Å². The smallest absolute Gasteiger partial charge is 0.205 e. The average molecular weight is 415 g/mol. The van der Waals surface area contributed by atoms with E-state index in [1.807, 2.05) is 30.3 Å². The molecule has 0 bridgehead atoms. The van der Waals surface area contributed by atoms with E-state index in [9.17, 15) is 9.50 Å². The molecule has 1 aliphatic heterocycles. The Kier molecular flexibility index (Phi) is 6.33. The highest BCUT2D eigenvalue weighted by Crippen LogP contribution is 2.24. The van der Waals surface area contributed by atoms with Crippen molar-refractivity contribution in [3.63, 3.8) is 0 Å². The van der Waals surface area contributed by atoms with Crippen LogP contribution in [-0.2, 0) is 0 Å². The van der Waals surface area contributed by atoms with Gasteiger partial charge in [-0.3, -0.25) is 4.90 Å². The van der Waals surface area contributed by atoms with Crippen molar-refractivity contribution in [1.82, 2.24) is 14.3 Å². The van der Waals surface area contributed by atoms with Crippen molar-refractivity contribution in [1.29, 1.82) is 0 Å². The first-order valence-electron chi connectivity index (χ1n) is 9.60. The lowest BCUT2D eigenvalue weighted by molar-refractivity contribution is 0.0663. The molecule has 4 rings (SSSR count). The normalized spacial score (nSPS) is 16.0. The van der Waals surface area contributed by atoms with Gasteiger partial charge in [-0.15, -0.1) is 0 Å². The SMILES string of the molecule is O[C@@H](COc1ccc(F)cc1)CN1CCN(c2nc(-c3ccccc3)ns2)CC1. The number of β-amino-alcohol motifs (C(OH)–C–C–N with tert-alkyl or cyclic N) is 1. The molecule has 1 N–H and O–H groups in total. The van der Waals surface area contributed by atoms with Crippen molar-refractivity contribution in [3.05, 3.63) is 60.4 Å². The number of hydrogen-bond donors (Lipinski definition) is 1. The summed E-state index contributed by atoms with van der Waals surface area (Å²) in [6.45, 7) is 4.09. The van der Waals surface area contributed by atoms with Crippen LogP contribution in [0.3, 0.4) is 0 Å². The van der Waals surface area contributed by atoms with Gasteiger partial charge < -0.3 is 14.7 Å². The third-order valence-electron chi connectivity index (χ3n) is 4.82. The number of aromatic nitrogens is 2. The van der Waals surface area contributed by atoms with Gasteiger partial charge in [-0.1, -0.05) is 30.3 Å². The summed E-state index contributed by atoms with van der Waals surface area (Å²) in [5.41, 5.74) is 1.03. The average Bonchev–Trinajstić information content (AvgIpc) is 3.25. The van der Waals surface area contributed by atoms with Crippen LogP contribution in [0.15, 0.2) is 54.6 Å². The molecule has 1 aromatic heterocycles. The zero-order chi connectivity index (χ0) is 20.1. The molecule has 0 unspecified atom stereocenters. The molecule has 1 atom stereocenters. The fourth-order valence-electron chi connectivity index (χ4n) is 3.24. The van der Waals surface area contributed by atoms with Crippen LogP contribution in [-0.4, -0.2) is 64.8 Å². The topological polar surface area (TPSA) is 61.7 Å². The van der Waals surface area contributed by atoms with E-state index in [-0.39, 0.29) is 12.4 Å². The third-order valence-corrected chi connectivity index (χ3v) is 5.59. The minimum atomic E-state index is -0.599. The molecule has 0 amide bonds. The second kappa shape index (κ2) is 9.30. The lowest BCUT2D eigenvalue weighted by atomic mass is 10.2. The Labute approximate surface area is 173 Å². The summed E-state index contributed by atoms with van der Waals surface area (Å²) in [4.78, 5) is 9.13. The molecule has 3 aromatic rings. The molecule has 152 valence electrons. The Morgan fingerprint density at radius 2 is 1.76 bits per heavy atom. The maximum absolute atomic E-state index is 12.9. The second-order valence-electron chi connectivity index (χ2n) is 6.97. The van der Waals surface area contributed by atoms with Crippen LogP contribution in [0.25, 0.3) is 11.4 Å². The highest BCUT2D eigenvalue weighted by molar-refractivity contribution is 7.09. The molecule has 2 heterocycles. The quantitative estimate of drug-likeness (QED) is 0.642. The summed E-state index contributed by atoms with van der Waals surface area (Å²) in [5, 5.41) is 11.2. The maximum atomic E-state index is 12.9. The zero-order valence-corrected chi connectivity index (χ0v) is 16.8. The number of aliphatic hydroxyl groups is 1. The summed E-state index contributed by atoms with van der Waals surface area (Å²) in [6, 6.07) is 15.8. The van der Waals surface area contributed by atoms with Gasteiger partial charge in [0.15, 0.2) is 5.82 Å². The van der Waals surface area contributed by atoms with Crippen molar-refractivity contribution < 1.29 is 14.2 Å². The standard InChI is InChI=1S/C21H23FN4O2S/c22-17-6-8-19(9-7-17)28-15-18(27)14-25-10-12-26(13-11-25)21-23-20(24-29-21)16-4-2-1-3-5-16/h1-9,18,27H,10-15H2/t18-/m1/s1. The third kappa shape index (κ3) is 5.29. The summed E-state index contributed by atoms with van der Waals surface area (Å²) in [6.07, 6.45) is -0.599. The number of anilines is 1. The van der Waals surface area contributed by atoms with E-state index in [1.165, 1.54) is 23.7 Å². The Balaban J connectivity index is 1.23. The summed E-state index contributed by atoms with van der Waals surface area (Å²) in [5.74, 6) is 1.02. The van der Waals surface area contributed by atoms with Crippen LogP contribution in [0.5, 0.6) is 5.75 Å². The first kappa shape index (κ1) is 19.8. The van der Waals surface area contributed by atoms with E-state index in [4.69, 9.17) is 4.74 Å². The fourth-order valence-corrected chi connectivity index (χ4v) is 3.98. The summed E-state index contributed by atoms with van der Waals surface area (Å²) in [7, 11) is 0.